The lowest BCUT2D eigenvalue weighted by Crippen LogP contribution is -2.32. The summed E-state index contributed by atoms with van der Waals surface area (Å²) in [5.41, 5.74) is -1.08. The van der Waals surface area contributed by atoms with Crippen LogP contribution in [-0.4, -0.2) is 33.8 Å². The summed E-state index contributed by atoms with van der Waals surface area (Å²) in [6, 6.07) is 7.68. The number of carboxylic acids is 1. The highest BCUT2D eigenvalue weighted by Crippen LogP contribution is 2.32. The predicted octanol–water partition coefficient (Wildman–Crippen LogP) is 1.75. The van der Waals surface area contributed by atoms with E-state index >= 15 is 0 Å². The van der Waals surface area contributed by atoms with Gasteiger partial charge in [0.15, 0.2) is 5.43 Å². The van der Waals surface area contributed by atoms with E-state index in [1.807, 2.05) is 0 Å². The molecule has 0 spiro atoms. The number of methoxy groups -OCH3 is 1. The van der Waals surface area contributed by atoms with Crippen molar-refractivity contribution in [2.24, 2.45) is 0 Å². The first-order valence-electron chi connectivity index (χ1n) is 8.97. The quantitative estimate of drug-likeness (QED) is 0.583. The fraction of sp³-hybridized carbons (Fsp3) is 0.238. The molecule has 1 atom stereocenters. The number of para-hydroxylation sites is 1. The third-order valence-corrected chi connectivity index (χ3v) is 4.85. The van der Waals surface area contributed by atoms with Crippen molar-refractivity contribution in [3.8, 4) is 5.75 Å². The summed E-state index contributed by atoms with van der Waals surface area (Å²) in [6.07, 6.45) is 0.705. The van der Waals surface area contributed by atoms with Gasteiger partial charge in [-0.1, -0.05) is 12.1 Å². The number of benzene rings is 1. The van der Waals surface area contributed by atoms with Crippen molar-refractivity contribution >= 4 is 22.9 Å². The maximum absolute atomic E-state index is 13.1. The van der Waals surface area contributed by atoms with Gasteiger partial charge in [0.05, 0.1) is 30.7 Å². The summed E-state index contributed by atoms with van der Waals surface area (Å²) in [5.74, 6) is -3.64. The van der Waals surface area contributed by atoms with Crippen molar-refractivity contribution in [2.75, 3.05) is 7.11 Å². The molecule has 2 N–H and O–H groups in total. The van der Waals surface area contributed by atoms with E-state index in [9.17, 15) is 24.3 Å². The van der Waals surface area contributed by atoms with Gasteiger partial charge in [-0.2, -0.15) is 0 Å². The Bertz CT molecular complexity index is 1250. The van der Waals surface area contributed by atoms with Gasteiger partial charge in [0.2, 0.25) is 0 Å². The van der Waals surface area contributed by atoms with E-state index in [0.29, 0.717) is 5.58 Å². The third-order valence-electron chi connectivity index (χ3n) is 4.85. The molecule has 3 aromatic rings. The van der Waals surface area contributed by atoms with E-state index in [2.05, 4.69) is 0 Å². The van der Waals surface area contributed by atoms with E-state index < -0.39 is 47.6 Å². The molecule has 0 aliphatic heterocycles. The fourth-order valence-electron chi connectivity index (χ4n) is 3.38. The fourth-order valence-corrected chi connectivity index (χ4v) is 3.38. The summed E-state index contributed by atoms with van der Waals surface area (Å²) < 4.78 is 11.1. The summed E-state index contributed by atoms with van der Waals surface area (Å²) >= 11 is 0. The number of aryl methyl sites for hydroxylation is 1. The second kappa shape index (κ2) is 8.24. The monoisotopic (exact) mass is 413 g/mol. The average molecular weight is 413 g/mol. The van der Waals surface area contributed by atoms with E-state index in [1.165, 1.54) is 19.1 Å². The Balaban J connectivity index is 2.30. The molecule has 0 aliphatic rings. The summed E-state index contributed by atoms with van der Waals surface area (Å²) in [6.45, 7) is 0.822. The number of carbonyl (C=O) groups is 2. The molecule has 0 radical (unpaired) electrons. The van der Waals surface area contributed by atoms with Crippen LogP contribution in [0.3, 0.4) is 0 Å². The number of aliphatic carboxylic acids is 1. The molecular formula is C21H19NO8. The number of aromatic hydroxyl groups is 1. The predicted molar refractivity (Wildman–Crippen MR) is 106 cm³/mol. The molecule has 9 nitrogen and oxygen atoms in total. The van der Waals surface area contributed by atoms with Gasteiger partial charge in [-0.3, -0.25) is 19.2 Å². The highest BCUT2D eigenvalue weighted by molar-refractivity contribution is 5.78. The van der Waals surface area contributed by atoms with E-state index in [0.717, 1.165) is 17.9 Å². The zero-order chi connectivity index (χ0) is 22.0. The van der Waals surface area contributed by atoms with Gasteiger partial charge in [-0.05, 0) is 25.1 Å². The zero-order valence-electron chi connectivity index (χ0n) is 16.2. The molecule has 2 aromatic heterocycles. The van der Waals surface area contributed by atoms with Crippen LogP contribution in [0.5, 0.6) is 5.75 Å². The largest absolute Gasteiger partial charge is 0.507 e. The van der Waals surface area contributed by atoms with E-state index in [1.54, 1.807) is 18.2 Å². The zero-order valence-corrected chi connectivity index (χ0v) is 16.2. The highest BCUT2D eigenvalue weighted by Gasteiger charge is 2.29. The molecule has 0 saturated heterocycles. The standard InChI is InChI=1S/C21H19NO8/c1-11-7-15(23)19(21(28)22(11)9-17(24)25)13(8-18(26)29-2)14-10-30-16-6-4-3-5-12(16)20(14)27/h3-7,10,13,23H,8-9H2,1-2H3,(H,24,25). The normalized spacial score (nSPS) is 11.9. The number of carboxylic acid groups (broad SMARTS) is 1. The van der Waals surface area contributed by atoms with E-state index in [-0.39, 0.29) is 22.2 Å². The minimum absolute atomic E-state index is 0.0303. The van der Waals surface area contributed by atoms with Crippen molar-refractivity contribution in [2.45, 2.75) is 25.8 Å². The van der Waals surface area contributed by atoms with Gasteiger partial charge in [0.1, 0.15) is 17.9 Å². The van der Waals surface area contributed by atoms with Crippen molar-refractivity contribution in [1.82, 2.24) is 4.57 Å². The number of rotatable bonds is 6. The number of fused-ring (bicyclic) bond motifs is 1. The minimum atomic E-state index is -1.26. The molecule has 9 heteroatoms. The maximum atomic E-state index is 13.1. The lowest BCUT2D eigenvalue weighted by Gasteiger charge is -2.19. The number of esters is 1. The molecule has 1 unspecified atom stereocenters. The smallest absolute Gasteiger partial charge is 0.323 e. The Morgan fingerprint density at radius 3 is 2.60 bits per heavy atom. The molecule has 0 saturated carbocycles. The first-order chi connectivity index (χ1) is 14.2. The summed E-state index contributed by atoms with van der Waals surface area (Å²) in [5, 5.41) is 19.9. The lowest BCUT2D eigenvalue weighted by atomic mass is 9.88. The Labute approximate surface area is 169 Å². The second-order valence-electron chi connectivity index (χ2n) is 6.72. The van der Waals surface area contributed by atoms with Crippen LogP contribution in [-0.2, 0) is 20.9 Å². The van der Waals surface area contributed by atoms with Crippen LogP contribution in [0.1, 0.15) is 29.2 Å². The van der Waals surface area contributed by atoms with E-state index in [4.69, 9.17) is 14.3 Å². The minimum Gasteiger partial charge on any atom is -0.507 e. The summed E-state index contributed by atoms with van der Waals surface area (Å²) in [7, 11) is 1.15. The third kappa shape index (κ3) is 3.82. The van der Waals surface area contributed by atoms with Crippen LogP contribution in [0.4, 0.5) is 0 Å². The number of hydrogen-bond donors (Lipinski definition) is 2. The molecular weight excluding hydrogens is 394 g/mol. The number of aromatic nitrogens is 1. The van der Waals surface area contributed by atoms with Gasteiger partial charge in [0, 0.05) is 17.2 Å². The number of carbonyl (C=O) groups excluding carboxylic acids is 1. The van der Waals surface area contributed by atoms with Crippen molar-refractivity contribution in [3.63, 3.8) is 0 Å². The maximum Gasteiger partial charge on any atom is 0.323 e. The van der Waals surface area contributed by atoms with Crippen LogP contribution in [0.15, 0.2) is 50.6 Å². The molecule has 2 heterocycles. The second-order valence-corrected chi connectivity index (χ2v) is 6.72. The van der Waals surface area contributed by atoms with Crippen molar-refractivity contribution in [3.05, 3.63) is 74.0 Å². The van der Waals surface area contributed by atoms with Gasteiger partial charge in [-0.25, -0.2) is 0 Å². The van der Waals surface area contributed by atoms with Crippen LogP contribution in [0, 0.1) is 6.92 Å². The van der Waals surface area contributed by atoms with Crippen LogP contribution < -0.4 is 11.0 Å². The molecule has 1 aromatic carbocycles. The molecule has 0 aliphatic carbocycles. The van der Waals surface area contributed by atoms with Gasteiger partial charge >= 0.3 is 11.9 Å². The Hall–Kier alpha value is -3.88. The molecule has 30 heavy (non-hydrogen) atoms. The number of hydrogen-bond acceptors (Lipinski definition) is 7. The highest BCUT2D eigenvalue weighted by atomic mass is 16.5. The van der Waals surface area contributed by atoms with Crippen LogP contribution >= 0.6 is 0 Å². The molecule has 0 fully saturated rings. The Kier molecular flexibility index (Phi) is 5.72. The average Bonchev–Trinajstić information content (AvgIpc) is 2.70. The topological polar surface area (TPSA) is 136 Å². The Morgan fingerprint density at radius 2 is 1.93 bits per heavy atom. The SMILES string of the molecule is COC(=O)CC(c1coc2ccccc2c1=O)c1c(O)cc(C)n(CC(=O)O)c1=O. The lowest BCUT2D eigenvalue weighted by molar-refractivity contribution is -0.141. The van der Waals surface area contributed by atoms with Crippen LogP contribution in [0.25, 0.3) is 11.0 Å². The first-order valence-corrected chi connectivity index (χ1v) is 8.97. The molecule has 0 bridgehead atoms. The summed E-state index contributed by atoms with van der Waals surface area (Å²) in [4.78, 5) is 49.4. The molecule has 156 valence electrons. The number of ether oxygens (including phenoxy) is 1. The van der Waals surface area contributed by atoms with Gasteiger partial charge < -0.3 is 23.9 Å². The molecule has 0 amide bonds. The van der Waals surface area contributed by atoms with Crippen molar-refractivity contribution in [1.29, 1.82) is 0 Å². The Morgan fingerprint density at radius 1 is 1.23 bits per heavy atom. The van der Waals surface area contributed by atoms with Crippen molar-refractivity contribution < 1.29 is 29.0 Å². The van der Waals surface area contributed by atoms with Gasteiger partial charge in [0.25, 0.3) is 5.56 Å². The van der Waals surface area contributed by atoms with Crippen LogP contribution in [0.2, 0.25) is 0 Å². The number of pyridine rings is 1. The molecule has 3 rings (SSSR count). The number of nitrogens with zero attached hydrogens (tertiary/aromatic N) is 1. The first kappa shape index (κ1) is 20.8. The van der Waals surface area contributed by atoms with Gasteiger partial charge in [-0.15, -0.1) is 0 Å².